The van der Waals surface area contributed by atoms with Crippen LogP contribution >= 0.6 is 31.9 Å². The number of benzene rings is 2. The van der Waals surface area contributed by atoms with E-state index in [1.54, 1.807) is 0 Å². The number of ketones is 2. The number of ether oxygens (including phenoxy) is 1. The Labute approximate surface area is 277 Å². The number of halogens is 2. The van der Waals surface area contributed by atoms with Gasteiger partial charge in [-0.3, -0.25) is 14.4 Å². The van der Waals surface area contributed by atoms with Crippen LogP contribution in [0.5, 0.6) is 5.75 Å². The molecule has 0 spiro atoms. The monoisotopic (exact) mass is 724 g/mol. The standard InChI is InChI=1S/C36H42Br2N2O4/c1-8-11-40-26-15-35(4,5)17-28(41)32(26)31(33-27(40)16-36(6,7)18-29(33)42)23-13-22(37)14-24(38)34(23)44-19-30(43)39-25-12-20(2)9-10-21(25)3/h9-10,12-14,31H,8,11,15-19H2,1-7H3,(H,39,43). The molecule has 44 heavy (non-hydrogen) atoms. The highest BCUT2D eigenvalue weighted by Gasteiger charge is 2.49. The highest BCUT2D eigenvalue weighted by molar-refractivity contribution is 9.11. The number of allylic oxidation sites excluding steroid dienone is 4. The van der Waals surface area contributed by atoms with Crippen LogP contribution in [-0.4, -0.2) is 35.5 Å². The van der Waals surface area contributed by atoms with Gasteiger partial charge in [-0.2, -0.15) is 0 Å². The van der Waals surface area contributed by atoms with Crippen LogP contribution in [0.1, 0.15) is 89.3 Å². The van der Waals surface area contributed by atoms with E-state index in [9.17, 15) is 14.4 Å². The lowest BCUT2D eigenvalue weighted by molar-refractivity contribution is -0.120. The summed E-state index contributed by atoms with van der Waals surface area (Å²) >= 11 is 7.34. The maximum absolute atomic E-state index is 14.1. The molecule has 0 bridgehead atoms. The van der Waals surface area contributed by atoms with Crippen LogP contribution in [0.2, 0.25) is 0 Å². The highest BCUT2D eigenvalue weighted by Crippen LogP contribution is 2.56. The van der Waals surface area contributed by atoms with Crippen LogP contribution in [-0.2, 0) is 14.4 Å². The van der Waals surface area contributed by atoms with E-state index >= 15 is 0 Å². The first-order valence-corrected chi connectivity index (χ1v) is 17.0. The zero-order valence-corrected chi connectivity index (χ0v) is 29.9. The molecule has 5 rings (SSSR count). The molecule has 8 heteroatoms. The lowest BCUT2D eigenvalue weighted by atomic mass is 9.63. The van der Waals surface area contributed by atoms with Gasteiger partial charge in [-0.1, -0.05) is 62.7 Å². The van der Waals surface area contributed by atoms with Gasteiger partial charge in [-0.05, 0) is 89.2 Å². The van der Waals surface area contributed by atoms with E-state index < -0.39 is 5.92 Å². The predicted molar refractivity (Wildman–Crippen MR) is 182 cm³/mol. The second-order valence-corrected chi connectivity index (χ2v) is 15.9. The van der Waals surface area contributed by atoms with Gasteiger partial charge in [0.1, 0.15) is 5.75 Å². The first-order chi connectivity index (χ1) is 20.6. The Hall–Kier alpha value is -2.71. The minimum absolute atomic E-state index is 0.0706. The first-order valence-electron chi connectivity index (χ1n) is 15.4. The van der Waals surface area contributed by atoms with Crippen molar-refractivity contribution in [2.45, 2.75) is 86.5 Å². The molecule has 1 aliphatic heterocycles. The zero-order valence-electron chi connectivity index (χ0n) is 26.7. The second kappa shape index (κ2) is 12.2. The minimum atomic E-state index is -0.578. The van der Waals surface area contributed by atoms with Crippen LogP contribution in [0.15, 0.2) is 61.8 Å². The molecular weight excluding hydrogens is 684 g/mol. The van der Waals surface area contributed by atoms with E-state index in [1.807, 2.05) is 44.2 Å². The number of anilines is 1. The molecule has 0 aromatic heterocycles. The molecule has 1 amide bonds. The molecule has 2 aromatic rings. The Balaban J connectivity index is 1.63. The summed E-state index contributed by atoms with van der Waals surface area (Å²) in [6, 6.07) is 9.73. The predicted octanol–water partition coefficient (Wildman–Crippen LogP) is 8.94. The third kappa shape index (κ3) is 6.48. The van der Waals surface area contributed by atoms with E-state index in [4.69, 9.17) is 4.74 Å². The summed E-state index contributed by atoms with van der Waals surface area (Å²) in [5.41, 5.74) is 6.52. The average molecular weight is 727 g/mol. The molecule has 2 aliphatic carbocycles. The van der Waals surface area contributed by atoms with Gasteiger partial charge < -0.3 is 15.0 Å². The summed E-state index contributed by atoms with van der Waals surface area (Å²) in [5, 5.41) is 2.97. The maximum atomic E-state index is 14.1. The van der Waals surface area contributed by atoms with Crippen LogP contribution in [0, 0.1) is 24.7 Å². The number of amides is 1. The van der Waals surface area contributed by atoms with Gasteiger partial charge in [-0.25, -0.2) is 0 Å². The number of aryl methyl sites for hydroxylation is 2. The van der Waals surface area contributed by atoms with Crippen molar-refractivity contribution in [3.8, 4) is 5.75 Å². The Morgan fingerprint density at radius 1 is 0.932 bits per heavy atom. The fourth-order valence-electron chi connectivity index (χ4n) is 6.99. The summed E-state index contributed by atoms with van der Waals surface area (Å²) < 4.78 is 7.74. The van der Waals surface area contributed by atoms with Crippen molar-refractivity contribution >= 4 is 55.0 Å². The molecule has 0 fully saturated rings. The molecule has 6 nitrogen and oxygen atoms in total. The van der Waals surface area contributed by atoms with Crippen molar-refractivity contribution in [3.63, 3.8) is 0 Å². The van der Waals surface area contributed by atoms with Gasteiger partial charge in [0, 0.05) is 63.6 Å². The van der Waals surface area contributed by atoms with Gasteiger partial charge in [0.2, 0.25) is 0 Å². The van der Waals surface area contributed by atoms with Crippen LogP contribution in [0.25, 0.3) is 0 Å². The number of hydrogen-bond acceptors (Lipinski definition) is 5. The third-order valence-electron chi connectivity index (χ3n) is 8.83. The van der Waals surface area contributed by atoms with Crippen molar-refractivity contribution in [1.82, 2.24) is 4.90 Å². The Bertz CT molecular complexity index is 1560. The average Bonchev–Trinajstić information content (AvgIpc) is 2.89. The molecule has 1 heterocycles. The molecule has 0 saturated carbocycles. The van der Waals surface area contributed by atoms with Gasteiger partial charge in [-0.15, -0.1) is 0 Å². The van der Waals surface area contributed by atoms with Crippen molar-refractivity contribution in [3.05, 3.63) is 78.5 Å². The van der Waals surface area contributed by atoms with Crippen LogP contribution in [0.4, 0.5) is 5.69 Å². The van der Waals surface area contributed by atoms with E-state index in [1.165, 1.54) is 0 Å². The zero-order chi connectivity index (χ0) is 32.1. The molecular formula is C36H42Br2N2O4. The van der Waals surface area contributed by atoms with E-state index in [0.717, 1.165) is 58.5 Å². The number of nitrogens with one attached hydrogen (secondary N) is 1. The molecule has 2 aromatic carbocycles. The van der Waals surface area contributed by atoms with E-state index in [-0.39, 0.29) is 34.9 Å². The largest absolute Gasteiger partial charge is 0.482 e. The lowest BCUT2D eigenvalue weighted by Crippen LogP contribution is -2.44. The number of hydrogen-bond donors (Lipinski definition) is 1. The Morgan fingerprint density at radius 2 is 1.52 bits per heavy atom. The minimum Gasteiger partial charge on any atom is -0.482 e. The summed E-state index contributed by atoms with van der Waals surface area (Å²) in [5.74, 6) is -0.260. The molecule has 1 N–H and O–H groups in total. The number of carbonyl (C=O) groups is 3. The fourth-order valence-corrected chi connectivity index (χ4v) is 8.37. The van der Waals surface area contributed by atoms with Gasteiger partial charge in [0.05, 0.1) is 4.47 Å². The van der Waals surface area contributed by atoms with Gasteiger partial charge >= 0.3 is 0 Å². The normalized spacial score (nSPS) is 19.6. The summed E-state index contributed by atoms with van der Waals surface area (Å²) in [6.45, 7) is 15.2. The smallest absolute Gasteiger partial charge is 0.262 e. The molecule has 3 aliphatic rings. The molecule has 0 atom stereocenters. The highest BCUT2D eigenvalue weighted by atomic mass is 79.9. The van der Waals surface area contributed by atoms with Gasteiger partial charge in [0.25, 0.3) is 5.91 Å². The quantitative estimate of drug-likeness (QED) is 0.309. The Kier molecular flexibility index (Phi) is 9.09. The summed E-state index contributed by atoms with van der Waals surface area (Å²) in [7, 11) is 0. The van der Waals surface area contributed by atoms with Crippen LogP contribution < -0.4 is 10.1 Å². The number of carbonyl (C=O) groups excluding carboxylic acids is 3. The molecule has 0 radical (unpaired) electrons. The van der Waals surface area contributed by atoms with Crippen LogP contribution in [0.3, 0.4) is 0 Å². The molecule has 0 saturated heterocycles. The second-order valence-electron chi connectivity index (χ2n) is 14.1. The fraction of sp³-hybridized carbons (Fsp3) is 0.472. The van der Waals surface area contributed by atoms with Gasteiger partial charge in [0.15, 0.2) is 18.2 Å². The van der Waals surface area contributed by atoms with Crippen molar-refractivity contribution in [2.24, 2.45) is 10.8 Å². The van der Waals surface area contributed by atoms with E-state index in [2.05, 4.69) is 76.7 Å². The lowest BCUT2D eigenvalue weighted by Gasteiger charge is -2.49. The molecule has 0 unspecified atom stereocenters. The number of nitrogens with zero attached hydrogens (tertiary/aromatic N) is 1. The van der Waals surface area contributed by atoms with Crippen molar-refractivity contribution in [1.29, 1.82) is 0 Å². The van der Waals surface area contributed by atoms with E-state index in [0.29, 0.717) is 39.8 Å². The van der Waals surface area contributed by atoms with Crippen molar-refractivity contribution in [2.75, 3.05) is 18.5 Å². The topological polar surface area (TPSA) is 75.7 Å². The summed E-state index contributed by atoms with van der Waals surface area (Å²) in [4.78, 5) is 43.7. The summed E-state index contributed by atoms with van der Waals surface area (Å²) in [6.07, 6.45) is 3.22. The SMILES string of the molecule is CCCN1C2=C(C(=O)CC(C)(C)C2)C(c2cc(Br)cc(Br)c2OCC(=O)Nc2cc(C)ccc2C)C2=C1CC(C)(C)CC2=O. The van der Waals surface area contributed by atoms with Crippen molar-refractivity contribution < 1.29 is 19.1 Å². The molecule has 234 valence electrons. The maximum Gasteiger partial charge on any atom is 0.262 e. The number of rotatable bonds is 7. The number of Topliss-reactive ketones (excluding diaryl/α,β-unsaturated/α-hetero) is 2. The first kappa shape index (κ1) is 32.7. The third-order valence-corrected chi connectivity index (χ3v) is 9.88. The Morgan fingerprint density at radius 3 is 2.09 bits per heavy atom.